The highest BCUT2D eigenvalue weighted by molar-refractivity contribution is 5.92. The van der Waals surface area contributed by atoms with Crippen molar-refractivity contribution in [2.24, 2.45) is 0 Å². The summed E-state index contributed by atoms with van der Waals surface area (Å²) < 4.78 is 5.36. The van der Waals surface area contributed by atoms with Crippen molar-refractivity contribution in [3.8, 4) is 0 Å². The summed E-state index contributed by atoms with van der Waals surface area (Å²) in [4.78, 5) is 16.6. The second-order valence-electron chi connectivity index (χ2n) is 5.90. The number of carbonyl (C=O) groups is 1. The zero-order valence-electron chi connectivity index (χ0n) is 14.9. The number of anilines is 2. The largest absolute Gasteiger partial charge is 0.378 e. The van der Waals surface area contributed by atoms with Gasteiger partial charge in [-0.1, -0.05) is 13.8 Å². The Morgan fingerprint density at radius 2 is 1.83 bits per heavy atom. The molecule has 0 aliphatic carbocycles. The summed E-state index contributed by atoms with van der Waals surface area (Å²) in [5.74, 6) is -0.00586. The lowest BCUT2D eigenvalue weighted by atomic mass is 10.2. The van der Waals surface area contributed by atoms with Crippen molar-refractivity contribution in [1.29, 1.82) is 0 Å². The molecule has 1 aromatic rings. The van der Waals surface area contributed by atoms with Gasteiger partial charge in [-0.15, -0.1) is 0 Å². The normalized spacial score (nSPS) is 14.9. The van der Waals surface area contributed by atoms with Crippen LogP contribution in [-0.4, -0.2) is 69.8 Å². The van der Waals surface area contributed by atoms with Crippen LogP contribution in [0.25, 0.3) is 0 Å². The molecule has 0 bridgehead atoms. The van der Waals surface area contributed by atoms with E-state index < -0.39 is 0 Å². The molecule has 0 unspecified atom stereocenters. The van der Waals surface area contributed by atoms with Crippen LogP contribution in [0.15, 0.2) is 24.3 Å². The summed E-state index contributed by atoms with van der Waals surface area (Å²) in [6, 6.07) is 8.01. The first-order chi connectivity index (χ1) is 11.7. The number of hydrogen-bond donors (Lipinski definition) is 2. The molecule has 1 aromatic carbocycles. The van der Waals surface area contributed by atoms with E-state index in [0.717, 1.165) is 58.2 Å². The molecule has 1 amide bonds. The molecule has 1 heterocycles. The van der Waals surface area contributed by atoms with E-state index >= 15 is 0 Å². The molecule has 0 radical (unpaired) electrons. The Morgan fingerprint density at radius 3 is 2.46 bits per heavy atom. The van der Waals surface area contributed by atoms with E-state index in [0.29, 0.717) is 6.54 Å². The zero-order chi connectivity index (χ0) is 17.2. The molecule has 0 saturated carbocycles. The van der Waals surface area contributed by atoms with Gasteiger partial charge in [0.2, 0.25) is 5.91 Å². The summed E-state index contributed by atoms with van der Waals surface area (Å²) in [5, 5.41) is 6.12. The molecular weight excluding hydrogens is 304 g/mol. The molecule has 134 valence electrons. The van der Waals surface area contributed by atoms with Crippen LogP contribution in [0, 0.1) is 0 Å². The van der Waals surface area contributed by atoms with Crippen LogP contribution < -0.4 is 15.5 Å². The van der Waals surface area contributed by atoms with Crippen molar-refractivity contribution in [2.75, 3.05) is 69.2 Å². The SMILES string of the molecule is CCN(CC)CCNCC(=O)Nc1ccc(N2CCOCC2)cc1. The zero-order valence-corrected chi connectivity index (χ0v) is 14.9. The number of likely N-dealkylation sites (N-methyl/N-ethyl adjacent to an activating group) is 1. The maximum absolute atomic E-state index is 12.0. The molecule has 0 spiro atoms. The third-order valence-corrected chi connectivity index (χ3v) is 4.31. The van der Waals surface area contributed by atoms with Crippen molar-refractivity contribution in [3.63, 3.8) is 0 Å². The van der Waals surface area contributed by atoms with E-state index in [-0.39, 0.29) is 5.91 Å². The maximum atomic E-state index is 12.0. The van der Waals surface area contributed by atoms with Gasteiger partial charge in [0.1, 0.15) is 0 Å². The van der Waals surface area contributed by atoms with Gasteiger partial charge >= 0.3 is 0 Å². The summed E-state index contributed by atoms with van der Waals surface area (Å²) >= 11 is 0. The number of hydrogen-bond acceptors (Lipinski definition) is 5. The molecule has 1 aliphatic rings. The summed E-state index contributed by atoms with van der Waals surface area (Å²) in [7, 11) is 0. The molecule has 0 atom stereocenters. The summed E-state index contributed by atoms with van der Waals surface area (Å²) in [6.07, 6.45) is 0. The second-order valence-corrected chi connectivity index (χ2v) is 5.90. The van der Waals surface area contributed by atoms with Crippen LogP contribution in [0.3, 0.4) is 0 Å². The monoisotopic (exact) mass is 334 g/mol. The first kappa shape index (κ1) is 18.7. The van der Waals surface area contributed by atoms with Gasteiger partial charge < -0.3 is 25.2 Å². The molecule has 0 aromatic heterocycles. The van der Waals surface area contributed by atoms with Crippen LogP contribution in [0.2, 0.25) is 0 Å². The van der Waals surface area contributed by atoms with Crippen LogP contribution in [0.4, 0.5) is 11.4 Å². The van der Waals surface area contributed by atoms with Gasteiger partial charge in [0.05, 0.1) is 19.8 Å². The van der Waals surface area contributed by atoms with Crippen molar-refractivity contribution in [1.82, 2.24) is 10.2 Å². The lowest BCUT2D eigenvalue weighted by molar-refractivity contribution is -0.115. The van der Waals surface area contributed by atoms with E-state index in [2.05, 4.69) is 46.4 Å². The van der Waals surface area contributed by atoms with E-state index in [9.17, 15) is 4.79 Å². The number of morpholine rings is 1. The summed E-state index contributed by atoms with van der Waals surface area (Å²) in [5.41, 5.74) is 2.01. The maximum Gasteiger partial charge on any atom is 0.238 e. The predicted molar refractivity (Wildman–Crippen MR) is 98.8 cm³/mol. The van der Waals surface area contributed by atoms with Gasteiger partial charge in [-0.3, -0.25) is 4.79 Å². The number of nitrogens with zero attached hydrogens (tertiary/aromatic N) is 2. The molecule has 1 fully saturated rings. The minimum absolute atomic E-state index is 0.00586. The molecule has 6 nitrogen and oxygen atoms in total. The molecule has 1 saturated heterocycles. The standard InChI is InChI=1S/C18H30N4O2/c1-3-21(4-2)10-9-19-15-18(23)20-16-5-7-17(8-6-16)22-11-13-24-14-12-22/h5-8,19H,3-4,9-15H2,1-2H3,(H,20,23). The van der Waals surface area contributed by atoms with Crippen LogP contribution in [-0.2, 0) is 9.53 Å². The fourth-order valence-corrected chi connectivity index (χ4v) is 2.76. The van der Waals surface area contributed by atoms with E-state index in [1.807, 2.05) is 12.1 Å². The first-order valence-electron chi connectivity index (χ1n) is 8.88. The average Bonchev–Trinajstić information content (AvgIpc) is 2.63. The Labute approximate surface area is 145 Å². The van der Waals surface area contributed by atoms with Crippen molar-refractivity contribution < 1.29 is 9.53 Å². The van der Waals surface area contributed by atoms with Gasteiger partial charge in [0.15, 0.2) is 0 Å². The van der Waals surface area contributed by atoms with Gasteiger partial charge in [-0.05, 0) is 37.4 Å². The Balaban J connectivity index is 1.69. The molecule has 2 rings (SSSR count). The van der Waals surface area contributed by atoms with E-state index in [1.165, 1.54) is 5.69 Å². The van der Waals surface area contributed by atoms with E-state index in [4.69, 9.17) is 4.74 Å². The average molecular weight is 334 g/mol. The quantitative estimate of drug-likeness (QED) is 0.669. The van der Waals surface area contributed by atoms with Crippen LogP contribution >= 0.6 is 0 Å². The minimum Gasteiger partial charge on any atom is -0.378 e. The first-order valence-corrected chi connectivity index (χ1v) is 8.88. The third-order valence-electron chi connectivity index (χ3n) is 4.31. The smallest absolute Gasteiger partial charge is 0.238 e. The highest BCUT2D eigenvalue weighted by Gasteiger charge is 2.11. The fraction of sp³-hybridized carbons (Fsp3) is 0.611. The van der Waals surface area contributed by atoms with Gasteiger partial charge in [-0.2, -0.15) is 0 Å². The van der Waals surface area contributed by atoms with Gasteiger partial charge in [0.25, 0.3) is 0 Å². The second kappa shape index (κ2) is 10.3. The Hall–Kier alpha value is -1.63. The van der Waals surface area contributed by atoms with E-state index in [1.54, 1.807) is 0 Å². The topological polar surface area (TPSA) is 56.8 Å². The van der Waals surface area contributed by atoms with Gasteiger partial charge in [-0.25, -0.2) is 0 Å². The van der Waals surface area contributed by atoms with Crippen molar-refractivity contribution in [3.05, 3.63) is 24.3 Å². The number of amides is 1. The molecule has 1 aliphatic heterocycles. The fourth-order valence-electron chi connectivity index (χ4n) is 2.76. The van der Waals surface area contributed by atoms with Crippen molar-refractivity contribution in [2.45, 2.75) is 13.8 Å². The molecular formula is C18H30N4O2. The number of ether oxygens (including phenoxy) is 1. The lowest BCUT2D eigenvalue weighted by Crippen LogP contribution is -2.36. The minimum atomic E-state index is -0.00586. The Morgan fingerprint density at radius 1 is 1.17 bits per heavy atom. The highest BCUT2D eigenvalue weighted by atomic mass is 16.5. The number of carbonyl (C=O) groups excluding carboxylic acids is 1. The molecule has 6 heteroatoms. The van der Waals surface area contributed by atoms with Gasteiger partial charge in [0, 0.05) is 37.6 Å². The molecule has 24 heavy (non-hydrogen) atoms. The Bertz CT molecular complexity index is 482. The van der Waals surface area contributed by atoms with Crippen LogP contribution in [0.1, 0.15) is 13.8 Å². The number of benzene rings is 1. The molecule has 2 N–H and O–H groups in total. The third kappa shape index (κ3) is 6.11. The Kier molecular flexibility index (Phi) is 8.01. The highest BCUT2D eigenvalue weighted by Crippen LogP contribution is 2.18. The van der Waals surface area contributed by atoms with Crippen molar-refractivity contribution >= 4 is 17.3 Å². The number of rotatable bonds is 9. The predicted octanol–water partition coefficient (Wildman–Crippen LogP) is 1.39. The van der Waals surface area contributed by atoms with Crippen LogP contribution in [0.5, 0.6) is 0 Å². The lowest BCUT2D eigenvalue weighted by Gasteiger charge is -2.28. The number of nitrogens with one attached hydrogen (secondary N) is 2. The summed E-state index contributed by atoms with van der Waals surface area (Å²) in [6.45, 7) is 11.9.